The Labute approximate surface area is 92.4 Å². The number of para-hydroxylation sites is 1. The first-order valence-corrected chi connectivity index (χ1v) is 5.94. The third-order valence-corrected chi connectivity index (χ3v) is 3.59. The van der Waals surface area contributed by atoms with E-state index in [0.717, 1.165) is 5.75 Å². The molecule has 1 unspecified atom stereocenters. The molecule has 15 heavy (non-hydrogen) atoms. The summed E-state index contributed by atoms with van der Waals surface area (Å²) in [6.07, 6.45) is 0.571. The largest absolute Gasteiger partial charge is 0.478 e. The van der Waals surface area contributed by atoms with E-state index in [0.29, 0.717) is 17.9 Å². The third-order valence-electron chi connectivity index (χ3n) is 2.43. The fourth-order valence-corrected chi connectivity index (χ4v) is 2.83. The standard InChI is InChI=1S/C11H12O3S/c12-10(13)11(6-7-15-8-11)14-9-4-2-1-3-5-9/h1-5H,6-8H2,(H,12,13). The molecule has 1 fully saturated rings. The van der Waals surface area contributed by atoms with Crippen LogP contribution in [0.4, 0.5) is 0 Å². The van der Waals surface area contributed by atoms with Crippen LogP contribution in [-0.2, 0) is 4.79 Å². The average Bonchev–Trinajstić information content (AvgIpc) is 2.69. The lowest BCUT2D eigenvalue weighted by molar-refractivity contribution is -0.152. The molecule has 1 atom stereocenters. The maximum atomic E-state index is 11.2. The van der Waals surface area contributed by atoms with Crippen molar-refractivity contribution in [1.29, 1.82) is 0 Å². The zero-order valence-corrected chi connectivity index (χ0v) is 9.00. The summed E-state index contributed by atoms with van der Waals surface area (Å²) < 4.78 is 5.60. The maximum Gasteiger partial charge on any atom is 0.348 e. The first-order valence-electron chi connectivity index (χ1n) is 4.78. The summed E-state index contributed by atoms with van der Waals surface area (Å²) in [5.41, 5.74) is -1.02. The van der Waals surface area contributed by atoms with Gasteiger partial charge in [-0.05, 0) is 17.9 Å². The van der Waals surface area contributed by atoms with Gasteiger partial charge in [0.2, 0.25) is 5.60 Å². The Morgan fingerprint density at radius 2 is 2.13 bits per heavy atom. The third kappa shape index (κ3) is 2.09. The quantitative estimate of drug-likeness (QED) is 0.853. The summed E-state index contributed by atoms with van der Waals surface area (Å²) in [4.78, 5) is 11.2. The monoisotopic (exact) mass is 224 g/mol. The molecule has 0 spiro atoms. The van der Waals surface area contributed by atoms with E-state index < -0.39 is 11.6 Å². The van der Waals surface area contributed by atoms with E-state index in [2.05, 4.69) is 0 Å². The number of carboxylic acids is 1. The van der Waals surface area contributed by atoms with Gasteiger partial charge in [-0.2, -0.15) is 11.8 Å². The molecular formula is C11H12O3S. The van der Waals surface area contributed by atoms with Crippen LogP contribution in [0.15, 0.2) is 30.3 Å². The van der Waals surface area contributed by atoms with Crippen molar-refractivity contribution in [3.05, 3.63) is 30.3 Å². The molecule has 1 saturated heterocycles. The molecule has 0 radical (unpaired) electrons. The van der Waals surface area contributed by atoms with Gasteiger partial charge in [0.05, 0.1) is 0 Å². The molecule has 0 saturated carbocycles. The van der Waals surface area contributed by atoms with Crippen LogP contribution in [0.3, 0.4) is 0 Å². The zero-order chi connectivity index (χ0) is 10.7. The molecule has 1 aromatic rings. The predicted octanol–water partition coefficient (Wildman–Crippen LogP) is 2.03. The lowest BCUT2D eigenvalue weighted by Crippen LogP contribution is -2.44. The highest BCUT2D eigenvalue weighted by molar-refractivity contribution is 7.99. The topological polar surface area (TPSA) is 46.5 Å². The number of hydrogen-bond acceptors (Lipinski definition) is 3. The molecule has 80 valence electrons. The Kier molecular flexibility index (Phi) is 2.86. The highest BCUT2D eigenvalue weighted by Crippen LogP contribution is 2.32. The average molecular weight is 224 g/mol. The SMILES string of the molecule is O=C(O)C1(Oc2ccccc2)CCSC1. The normalized spacial score (nSPS) is 25.1. The van der Waals surface area contributed by atoms with Gasteiger partial charge in [-0.3, -0.25) is 0 Å². The van der Waals surface area contributed by atoms with Crippen molar-refractivity contribution in [3.63, 3.8) is 0 Å². The minimum Gasteiger partial charge on any atom is -0.478 e. The minimum atomic E-state index is -1.02. The van der Waals surface area contributed by atoms with Crippen molar-refractivity contribution in [2.24, 2.45) is 0 Å². The van der Waals surface area contributed by atoms with Crippen molar-refractivity contribution < 1.29 is 14.6 Å². The predicted molar refractivity (Wildman–Crippen MR) is 59.4 cm³/mol. The molecule has 0 amide bonds. The highest BCUT2D eigenvalue weighted by Gasteiger charge is 2.44. The van der Waals surface area contributed by atoms with Crippen LogP contribution in [0.25, 0.3) is 0 Å². The second-order valence-electron chi connectivity index (χ2n) is 3.52. The van der Waals surface area contributed by atoms with Gasteiger partial charge >= 0.3 is 5.97 Å². The van der Waals surface area contributed by atoms with E-state index in [-0.39, 0.29) is 0 Å². The van der Waals surface area contributed by atoms with Crippen molar-refractivity contribution in [1.82, 2.24) is 0 Å². The minimum absolute atomic E-state index is 0.525. The van der Waals surface area contributed by atoms with Gasteiger partial charge in [-0.25, -0.2) is 4.79 Å². The molecule has 4 heteroatoms. The molecule has 0 aliphatic carbocycles. The number of aliphatic carboxylic acids is 1. The van der Waals surface area contributed by atoms with Crippen LogP contribution >= 0.6 is 11.8 Å². The summed E-state index contributed by atoms with van der Waals surface area (Å²) in [7, 11) is 0. The molecular weight excluding hydrogens is 212 g/mol. The molecule has 0 bridgehead atoms. The van der Waals surface area contributed by atoms with Crippen molar-refractivity contribution in [3.8, 4) is 5.75 Å². The Morgan fingerprint density at radius 1 is 1.40 bits per heavy atom. The molecule has 1 aromatic carbocycles. The summed E-state index contributed by atoms with van der Waals surface area (Å²) in [6, 6.07) is 9.13. The van der Waals surface area contributed by atoms with Gasteiger partial charge in [0.1, 0.15) is 5.75 Å². The van der Waals surface area contributed by atoms with Gasteiger partial charge in [-0.1, -0.05) is 18.2 Å². The van der Waals surface area contributed by atoms with Crippen LogP contribution in [-0.4, -0.2) is 28.2 Å². The summed E-state index contributed by atoms with van der Waals surface area (Å²) in [5, 5.41) is 9.19. The van der Waals surface area contributed by atoms with Gasteiger partial charge in [0.25, 0.3) is 0 Å². The molecule has 1 heterocycles. The maximum absolute atomic E-state index is 11.2. The molecule has 1 aliphatic rings. The van der Waals surface area contributed by atoms with Crippen molar-refractivity contribution in [2.45, 2.75) is 12.0 Å². The Bertz CT molecular complexity index is 344. The number of carbonyl (C=O) groups is 1. The lowest BCUT2D eigenvalue weighted by Gasteiger charge is -2.24. The smallest absolute Gasteiger partial charge is 0.348 e. The van der Waals surface area contributed by atoms with Crippen molar-refractivity contribution in [2.75, 3.05) is 11.5 Å². The van der Waals surface area contributed by atoms with E-state index in [9.17, 15) is 9.90 Å². The van der Waals surface area contributed by atoms with Gasteiger partial charge in [0.15, 0.2) is 0 Å². The first-order chi connectivity index (χ1) is 7.23. The molecule has 1 aliphatic heterocycles. The summed E-state index contributed by atoms with van der Waals surface area (Å²) >= 11 is 1.62. The number of ether oxygens (including phenoxy) is 1. The van der Waals surface area contributed by atoms with Crippen LogP contribution in [0.2, 0.25) is 0 Å². The number of thioether (sulfide) groups is 1. The second-order valence-corrected chi connectivity index (χ2v) is 4.62. The molecule has 0 aromatic heterocycles. The lowest BCUT2D eigenvalue weighted by atomic mass is 10.0. The first kappa shape index (κ1) is 10.4. The van der Waals surface area contributed by atoms with Gasteiger partial charge in [0, 0.05) is 12.2 Å². The van der Waals surface area contributed by atoms with E-state index in [1.165, 1.54) is 0 Å². The highest BCUT2D eigenvalue weighted by atomic mass is 32.2. The Balaban J connectivity index is 2.18. The van der Waals surface area contributed by atoms with Crippen LogP contribution in [0.5, 0.6) is 5.75 Å². The zero-order valence-electron chi connectivity index (χ0n) is 8.18. The number of rotatable bonds is 3. The van der Waals surface area contributed by atoms with E-state index in [4.69, 9.17) is 4.74 Å². The second kappa shape index (κ2) is 4.14. The fraction of sp³-hybridized carbons (Fsp3) is 0.364. The Hall–Kier alpha value is -1.16. The van der Waals surface area contributed by atoms with Crippen LogP contribution in [0, 0.1) is 0 Å². The number of benzene rings is 1. The molecule has 3 nitrogen and oxygen atoms in total. The fourth-order valence-electron chi connectivity index (χ4n) is 1.55. The molecule has 2 rings (SSSR count). The van der Waals surface area contributed by atoms with Gasteiger partial charge < -0.3 is 9.84 Å². The Morgan fingerprint density at radius 3 is 2.67 bits per heavy atom. The van der Waals surface area contributed by atoms with E-state index >= 15 is 0 Å². The van der Waals surface area contributed by atoms with Crippen LogP contribution in [0.1, 0.15) is 6.42 Å². The van der Waals surface area contributed by atoms with Crippen molar-refractivity contribution >= 4 is 17.7 Å². The van der Waals surface area contributed by atoms with E-state index in [1.54, 1.807) is 23.9 Å². The number of hydrogen-bond donors (Lipinski definition) is 1. The van der Waals surface area contributed by atoms with Crippen LogP contribution < -0.4 is 4.74 Å². The summed E-state index contributed by atoms with van der Waals surface area (Å²) in [5.74, 6) is 1.13. The molecule has 1 N–H and O–H groups in total. The number of carboxylic acid groups (broad SMARTS) is 1. The van der Waals surface area contributed by atoms with Gasteiger partial charge in [-0.15, -0.1) is 0 Å². The summed E-state index contributed by atoms with van der Waals surface area (Å²) in [6.45, 7) is 0. The van der Waals surface area contributed by atoms with E-state index in [1.807, 2.05) is 18.2 Å².